The Balaban J connectivity index is 1.55. The van der Waals surface area contributed by atoms with Gasteiger partial charge in [0.1, 0.15) is 0 Å². The van der Waals surface area contributed by atoms with Crippen LogP contribution >= 0.6 is 11.8 Å². The zero-order chi connectivity index (χ0) is 19.1. The summed E-state index contributed by atoms with van der Waals surface area (Å²) in [7, 11) is -3.45. The summed E-state index contributed by atoms with van der Waals surface area (Å²) < 4.78 is 29.8. The molecule has 1 aliphatic rings. The third-order valence-electron chi connectivity index (χ3n) is 4.61. The first-order valence-electron chi connectivity index (χ1n) is 8.95. The maximum atomic E-state index is 12.3. The van der Waals surface area contributed by atoms with E-state index in [1.807, 2.05) is 17.8 Å². The number of thioether (sulfide) groups is 1. The lowest BCUT2D eigenvalue weighted by Crippen LogP contribution is -2.42. The van der Waals surface area contributed by atoms with E-state index in [1.165, 1.54) is 0 Å². The molecular weight excluding hydrogens is 384 g/mol. The molecule has 1 aliphatic heterocycles. The number of benzene rings is 1. The minimum atomic E-state index is -3.45. The Bertz CT molecular complexity index is 817. The van der Waals surface area contributed by atoms with E-state index < -0.39 is 9.84 Å². The number of hydrogen-bond donors (Lipinski definition) is 1. The summed E-state index contributed by atoms with van der Waals surface area (Å²) in [5.74, 6) is 1.68. The van der Waals surface area contributed by atoms with Crippen molar-refractivity contribution in [2.45, 2.75) is 17.4 Å². The van der Waals surface area contributed by atoms with Crippen LogP contribution in [0.2, 0.25) is 0 Å². The Labute approximate surface area is 164 Å². The highest BCUT2D eigenvalue weighted by molar-refractivity contribution is 7.99. The van der Waals surface area contributed by atoms with Crippen molar-refractivity contribution in [2.24, 2.45) is 0 Å². The molecule has 1 aromatic carbocycles. The molecule has 1 N–H and O–H groups in total. The number of rotatable bonds is 8. The van der Waals surface area contributed by atoms with E-state index in [2.05, 4.69) is 10.2 Å². The van der Waals surface area contributed by atoms with Gasteiger partial charge in [-0.05, 0) is 18.2 Å². The molecule has 3 rings (SSSR count). The summed E-state index contributed by atoms with van der Waals surface area (Å²) >= 11 is 1.93. The lowest BCUT2D eigenvalue weighted by molar-refractivity contribution is -0.121. The molecule has 0 radical (unpaired) electrons. The average molecular weight is 409 g/mol. The van der Waals surface area contributed by atoms with E-state index in [1.54, 1.807) is 42.9 Å². The molecule has 2 heterocycles. The smallest absolute Gasteiger partial charge is 0.221 e. The molecule has 1 atom stereocenters. The predicted molar refractivity (Wildman–Crippen MR) is 106 cm³/mol. The molecule has 0 aliphatic carbocycles. The fraction of sp³-hybridized carbons (Fsp3) is 0.421. The predicted octanol–water partition coefficient (Wildman–Crippen LogP) is 2.35. The molecule has 27 heavy (non-hydrogen) atoms. The fourth-order valence-electron chi connectivity index (χ4n) is 3.08. The van der Waals surface area contributed by atoms with Gasteiger partial charge >= 0.3 is 0 Å². The van der Waals surface area contributed by atoms with Gasteiger partial charge in [-0.25, -0.2) is 8.42 Å². The molecule has 8 heteroatoms. The summed E-state index contributed by atoms with van der Waals surface area (Å²) in [5, 5.41) is 2.90. The third-order valence-corrected chi connectivity index (χ3v) is 7.28. The van der Waals surface area contributed by atoms with E-state index in [4.69, 9.17) is 4.42 Å². The average Bonchev–Trinajstić information content (AvgIpc) is 3.23. The molecule has 1 fully saturated rings. The topological polar surface area (TPSA) is 79.6 Å². The second-order valence-electron chi connectivity index (χ2n) is 6.41. The maximum absolute atomic E-state index is 12.3. The van der Waals surface area contributed by atoms with Crippen LogP contribution in [0.15, 0.2) is 58.2 Å². The SMILES string of the molecule is O=C(CCS(=O)(=O)c1ccccc1)NC[C@@H](c1ccoc1)N1CCSCC1. The highest BCUT2D eigenvalue weighted by atomic mass is 32.2. The number of amides is 1. The van der Waals surface area contributed by atoms with Crippen LogP contribution in [0.4, 0.5) is 0 Å². The van der Waals surface area contributed by atoms with E-state index in [0.717, 1.165) is 30.2 Å². The van der Waals surface area contributed by atoms with Gasteiger partial charge in [0, 0.05) is 43.1 Å². The first-order chi connectivity index (χ1) is 13.1. The van der Waals surface area contributed by atoms with Crippen molar-refractivity contribution in [1.29, 1.82) is 0 Å². The summed E-state index contributed by atoms with van der Waals surface area (Å²) in [6.45, 7) is 2.35. The van der Waals surface area contributed by atoms with Crippen LogP contribution < -0.4 is 5.32 Å². The minimum absolute atomic E-state index is 0.0410. The Kier molecular flexibility index (Phi) is 6.98. The first-order valence-corrected chi connectivity index (χ1v) is 11.8. The first kappa shape index (κ1) is 20.0. The molecule has 1 amide bonds. The van der Waals surface area contributed by atoms with Crippen LogP contribution in [0.3, 0.4) is 0 Å². The van der Waals surface area contributed by atoms with Crippen molar-refractivity contribution < 1.29 is 17.6 Å². The summed E-state index contributed by atoms with van der Waals surface area (Å²) in [6, 6.07) is 10.2. The van der Waals surface area contributed by atoms with Crippen LogP contribution in [0.25, 0.3) is 0 Å². The Morgan fingerprint density at radius 3 is 2.59 bits per heavy atom. The van der Waals surface area contributed by atoms with Crippen LogP contribution in [-0.2, 0) is 14.6 Å². The van der Waals surface area contributed by atoms with Crippen molar-refractivity contribution in [3.63, 3.8) is 0 Å². The van der Waals surface area contributed by atoms with Gasteiger partial charge in [-0.2, -0.15) is 11.8 Å². The second-order valence-corrected chi connectivity index (χ2v) is 9.74. The molecule has 0 unspecified atom stereocenters. The van der Waals surface area contributed by atoms with Crippen molar-refractivity contribution in [1.82, 2.24) is 10.2 Å². The summed E-state index contributed by atoms with van der Waals surface area (Å²) in [6.07, 6.45) is 3.29. The Hall–Kier alpha value is -1.77. The Morgan fingerprint density at radius 1 is 1.19 bits per heavy atom. The number of carbonyl (C=O) groups excluding carboxylic acids is 1. The normalized spacial score (nSPS) is 16.7. The number of hydrogen-bond acceptors (Lipinski definition) is 6. The quantitative estimate of drug-likeness (QED) is 0.722. The minimum Gasteiger partial charge on any atom is -0.472 e. The van der Waals surface area contributed by atoms with Gasteiger partial charge in [-0.3, -0.25) is 9.69 Å². The molecule has 0 spiro atoms. The van der Waals surface area contributed by atoms with Gasteiger partial charge in [0.15, 0.2) is 9.84 Å². The highest BCUT2D eigenvalue weighted by Crippen LogP contribution is 2.24. The number of nitrogens with zero attached hydrogens (tertiary/aromatic N) is 1. The molecule has 146 valence electrons. The number of nitrogens with one attached hydrogen (secondary N) is 1. The van der Waals surface area contributed by atoms with Gasteiger partial charge in [0.2, 0.25) is 5.91 Å². The standard InChI is InChI=1S/C19H24N2O4S2/c22-19(7-13-27(23,24)17-4-2-1-3-5-17)20-14-18(16-6-10-25-15-16)21-8-11-26-12-9-21/h1-6,10,15,18H,7-9,11-14H2,(H,20,22)/t18-/m0/s1. The van der Waals surface area contributed by atoms with Gasteiger partial charge in [0.25, 0.3) is 0 Å². The Morgan fingerprint density at radius 2 is 1.93 bits per heavy atom. The van der Waals surface area contributed by atoms with Crippen molar-refractivity contribution in [2.75, 3.05) is 36.9 Å². The lowest BCUT2D eigenvalue weighted by atomic mass is 10.1. The summed E-state index contributed by atoms with van der Waals surface area (Å²) in [5.41, 5.74) is 1.03. The third kappa shape index (κ3) is 5.60. The molecule has 0 saturated carbocycles. The zero-order valence-corrected chi connectivity index (χ0v) is 16.7. The molecular formula is C19H24N2O4S2. The molecule has 1 saturated heterocycles. The highest BCUT2D eigenvalue weighted by Gasteiger charge is 2.24. The van der Waals surface area contributed by atoms with E-state index in [-0.39, 0.29) is 29.0 Å². The fourth-order valence-corrected chi connectivity index (χ4v) is 5.28. The van der Waals surface area contributed by atoms with Gasteiger partial charge in [0.05, 0.1) is 29.2 Å². The zero-order valence-electron chi connectivity index (χ0n) is 15.0. The van der Waals surface area contributed by atoms with Crippen molar-refractivity contribution in [3.8, 4) is 0 Å². The van der Waals surface area contributed by atoms with Crippen molar-refractivity contribution in [3.05, 3.63) is 54.5 Å². The molecule has 1 aromatic heterocycles. The number of carbonyl (C=O) groups is 1. The number of furan rings is 1. The molecule has 2 aromatic rings. The molecule has 6 nitrogen and oxygen atoms in total. The largest absolute Gasteiger partial charge is 0.472 e. The van der Waals surface area contributed by atoms with Crippen LogP contribution in [0, 0.1) is 0 Å². The second kappa shape index (κ2) is 9.43. The van der Waals surface area contributed by atoms with Gasteiger partial charge in [-0.15, -0.1) is 0 Å². The van der Waals surface area contributed by atoms with Gasteiger partial charge in [-0.1, -0.05) is 18.2 Å². The van der Waals surface area contributed by atoms with E-state index in [0.29, 0.717) is 6.54 Å². The molecule has 0 bridgehead atoms. The van der Waals surface area contributed by atoms with Crippen LogP contribution in [0.5, 0.6) is 0 Å². The summed E-state index contributed by atoms with van der Waals surface area (Å²) in [4.78, 5) is 14.8. The number of sulfone groups is 1. The van der Waals surface area contributed by atoms with E-state index >= 15 is 0 Å². The van der Waals surface area contributed by atoms with E-state index in [9.17, 15) is 13.2 Å². The monoisotopic (exact) mass is 408 g/mol. The van der Waals surface area contributed by atoms with Gasteiger partial charge < -0.3 is 9.73 Å². The van der Waals surface area contributed by atoms with Crippen LogP contribution in [-0.4, -0.2) is 56.1 Å². The lowest BCUT2D eigenvalue weighted by Gasteiger charge is -2.34. The maximum Gasteiger partial charge on any atom is 0.221 e. The van der Waals surface area contributed by atoms with Crippen LogP contribution in [0.1, 0.15) is 18.0 Å². The van der Waals surface area contributed by atoms with Crippen molar-refractivity contribution >= 4 is 27.5 Å².